The lowest BCUT2D eigenvalue weighted by molar-refractivity contribution is 0.414. The number of nitrogens with zero attached hydrogens (tertiary/aromatic N) is 2. The zero-order valence-corrected chi connectivity index (χ0v) is 17.6. The van der Waals surface area contributed by atoms with Crippen molar-refractivity contribution in [2.75, 3.05) is 12.4 Å². The Morgan fingerprint density at radius 1 is 1.07 bits per heavy atom. The van der Waals surface area contributed by atoms with Gasteiger partial charge in [0.25, 0.3) is 0 Å². The highest BCUT2D eigenvalue weighted by Gasteiger charge is 2.13. The van der Waals surface area contributed by atoms with Crippen LogP contribution in [0.5, 0.6) is 5.75 Å². The Labute approximate surface area is 171 Å². The van der Waals surface area contributed by atoms with Gasteiger partial charge in [0, 0.05) is 6.54 Å². The SMILES string of the molecule is COc1cccc(Cn2nc(C)c(NC(=S)NCc3ccc(C)cc3)c2C)c1. The molecule has 28 heavy (non-hydrogen) atoms. The number of thiocarbonyl (C=S) groups is 1. The number of aromatic nitrogens is 2. The van der Waals surface area contributed by atoms with Crippen LogP contribution in [0.2, 0.25) is 0 Å². The van der Waals surface area contributed by atoms with E-state index in [1.807, 2.05) is 36.7 Å². The maximum Gasteiger partial charge on any atom is 0.171 e. The van der Waals surface area contributed by atoms with Crippen LogP contribution >= 0.6 is 12.2 Å². The first kappa shape index (κ1) is 19.9. The highest BCUT2D eigenvalue weighted by atomic mass is 32.1. The molecule has 3 rings (SSSR count). The minimum absolute atomic E-state index is 0.590. The number of aryl methyl sites for hydroxylation is 2. The summed E-state index contributed by atoms with van der Waals surface area (Å²) in [5, 5.41) is 11.8. The van der Waals surface area contributed by atoms with E-state index < -0.39 is 0 Å². The van der Waals surface area contributed by atoms with Gasteiger partial charge in [0.15, 0.2) is 5.11 Å². The summed E-state index contributed by atoms with van der Waals surface area (Å²) in [6.45, 7) is 7.47. The van der Waals surface area contributed by atoms with Gasteiger partial charge in [0.1, 0.15) is 5.75 Å². The van der Waals surface area contributed by atoms with Crippen molar-refractivity contribution in [2.24, 2.45) is 0 Å². The molecule has 0 unspecified atom stereocenters. The average Bonchev–Trinajstić information content (AvgIpc) is 2.95. The van der Waals surface area contributed by atoms with E-state index in [4.69, 9.17) is 17.0 Å². The zero-order valence-electron chi connectivity index (χ0n) is 16.7. The van der Waals surface area contributed by atoms with Gasteiger partial charge in [-0.05, 0) is 56.2 Å². The molecule has 0 atom stereocenters. The first-order valence-corrected chi connectivity index (χ1v) is 9.64. The Morgan fingerprint density at radius 2 is 1.82 bits per heavy atom. The van der Waals surface area contributed by atoms with Gasteiger partial charge in [-0.15, -0.1) is 0 Å². The highest BCUT2D eigenvalue weighted by Crippen LogP contribution is 2.21. The quantitative estimate of drug-likeness (QED) is 0.609. The molecule has 2 aromatic carbocycles. The lowest BCUT2D eigenvalue weighted by Crippen LogP contribution is -2.28. The van der Waals surface area contributed by atoms with Crippen LogP contribution in [-0.2, 0) is 13.1 Å². The van der Waals surface area contributed by atoms with Crippen molar-refractivity contribution >= 4 is 23.0 Å². The molecule has 146 valence electrons. The highest BCUT2D eigenvalue weighted by molar-refractivity contribution is 7.80. The van der Waals surface area contributed by atoms with Crippen LogP contribution in [0.4, 0.5) is 5.69 Å². The third kappa shape index (κ3) is 4.89. The summed E-state index contributed by atoms with van der Waals surface area (Å²) in [5.41, 5.74) is 6.48. The van der Waals surface area contributed by atoms with E-state index in [-0.39, 0.29) is 0 Å². The van der Waals surface area contributed by atoms with Crippen molar-refractivity contribution in [2.45, 2.75) is 33.9 Å². The van der Waals surface area contributed by atoms with Crippen molar-refractivity contribution < 1.29 is 4.74 Å². The van der Waals surface area contributed by atoms with Gasteiger partial charge >= 0.3 is 0 Å². The smallest absolute Gasteiger partial charge is 0.171 e. The van der Waals surface area contributed by atoms with Crippen molar-refractivity contribution in [3.8, 4) is 5.75 Å². The first-order valence-electron chi connectivity index (χ1n) is 9.23. The Bertz CT molecular complexity index is 963. The van der Waals surface area contributed by atoms with Crippen LogP contribution < -0.4 is 15.4 Å². The number of nitrogens with one attached hydrogen (secondary N) is 2. The molecule has 0 fully saturated rings. The molecule has 0 radical (unpaired) electrons. The van der Waals surface area contributed by atoms with Crippen molar-refractivity contribution in [3.05, 3.63) is 76.6 Å². The summed E-state index contributed by atoms with van der Waals surface area (Å²) in [4.78, 5) is 0. The lowest BCUT2D eigenvalue weighted by Gasteiger charge is -2.12. The standard InChI is InChI=1S/C22H26N4OS/c1-15-8-10-18(11-9-15)13-23-22(28)24-21-16(2)25-26(17(21)3)14-19-6-5-7-20(12-19)27-4/h5-12H,13-14H2,1-4H3,(H2,23,24,28). The summed E-state index contributed by atoms with van der Waals surface area (Å²) < 4.78 is 7.29. The fourth-order valence-corrected chi connectivity index (χ4v) is 3.20. The Balaban J connectivity index is 1.65. The molecule has 1 heterocycles. The summed E-state index contributed by atoms with van der Waals surface area (Å²) in [6, 6.07) is 16.4. The predicted molar refractivity (Wildman–Crippen MR) is 118 cm³/mol. The number of hydrogen-bond acceptors (Lipinski definition) is 3. The van der Waals surface area contributed by atoms with Crippen LogP contribution in [0.3, 0.4) is 0 Å². The topological polar surface area (TPSA) is 51.1 Å². The third-order valence-electron chi connectivity index (χ3n) is 4.66. The van der Waals surface area contributed by atoms with Crippen LogP contribution in [0.25, 0.3) is 0 Å². The Kier molecular flexibility index (Phi) is 6.31. The molecule has 0 bridgehead atoms. The molecule has 0 amide bonds. The Morgan fingerprint density at radius 3 is 2.54 bits per heavy atom. The number of anilines is 1. The molecule has 0 saturated heterocycles. The van der Waals surface area contributed by atoms with Crippen LogP contribution in [0, 0.1) is 20.8 Å². The van der Waals surface area contributed by atoms with E-state index in [1.165, 1.54) is 11.1 Å². The average molecular weight is 395 g/mol. The minimum Gasteiger partial charge on any atom is -0.497 e. The van der Waals surface area contributed by atoms with Crippen molar-refractivity contribution in [3.63, 3.8) is 0 Å². The summed E-state index contributed by atoms with van der Waals surface area (Å²) in [7, 11) is 1.68. The second-order valence-electron chi connectivity index (χ2n) is 6.85. The van der Waals surface area contributed by atoms with E-state index >= 15 is 0 Å². The van der Waals surface area contributed by atoms with Gasteiger partial charge < -0.3 is 15.4 Å². The molecule has 0 saturated carbocycles. The fraction of sp³-hybridized carbons (Fsp3) is 0.273. The second kappa shape index (κ2) is 8.89. The van der Waals surface area contributed by atoms with Gasteiger partial charge in [-0.25, -0.2) is 0 Å². The zero-order chi connectivity index (χ0) is 20.1. The molecule has 2 N–H and O–H groups in total. The third-order valence-corrected chi connectivity index (χ3v) is 4.91. The minimum atomic E-state index is 0.590. The maximum atomic E-state index is 5.48. The molecular weight excluding hydrogens is 368 g/mol. The van der Waals surface area contributed by atoms with Gasteiger partial charge in [-0.1, -0.05) is 42.0 Å². The molecule has 3 aromatic rings. The molecule has 0 aliphatic carbocycles. The van der Waals surface area contributed by atoms with Gasteiger partial charge in [0.05, 0.1) is 30.7 Å². The number of hydrogen-bond donors (Lipinski definition) is 2. The molecule has 0 spiro atoms. The monoisotopic (exact) mass is 394 g/mol. The molecular formula is C22H26N4OS. The van der Waals surface area contributed by atoms with E-state index in [0.717, 1.165) is 28.4 Å². The molecule has 6 heteroatoms. The fourth-order valence-electron chi connectivity index (χ4n) is 3.02. The number of methoxy groups -OCH3 is 1. The maximum absolute atomic E-state index is 5.48. The van der Waals surface area contributed by atoms with Crippen LogP contribution in [0.15, 0.2) is 48.5 Å². The normalized spacial score (nSPS) is 10.6. The molecule has 1 aromatic heterocycles. The molecule has 0 aliphatic heterocycles. The van der Waals surface area contributed by atoms with E-state index in [2.05, 4.69) is 53.0 Å². The lowest BCUT2D eigenvalue weighted by atomic mass is 10.1. The summed E-state index contributed by atoms with van der Waals surface area (Å²) in [5.74, 6) is 0.846. The van der Waals surface area contributed by atoms with Gasteiger partial charge in [-0.3, -0.25) is 4.68 Å². The van der Waals surface area contributed by atoms with Gasteiger partial charge in [0.2, 0.25) is 0 Å². The number of benzene rings is 2. The van der Waals surface area contributed by atoms with Crippen LogP contribution in [0.1, 0.15) is 28.1 Å². The number of ether oxygens (including phenoxy) is 1. The van der Waals surface area contributed by atoms with Gasteiger partial charge in [-0.2, -0.15) is 5.10 Å². The predicted octanol–water partition coefficient (Wildman–Crippen LogP) is 4.35. The Hall–Kier alpha value is -2.86. The molecule has 5 nitrogen and oxygen atoms in total. The largest absolute Gasteiger partial charge is 0.497 e. The van der Waals surface area contributed by atoms with E-state index in [9.17, 15) is 0 Å². The van der Waals surface area contributed by atoms with Crippen molar-refractivity contribution in [1.82, 2.24) is 15.1 Å². The summed E-state index contributed by atoms with van der Waals surface area (Å²) in [6.07, 6.45) is 0. The molecule has 0 aliphatic rings. The van der Waals surface area contributed by atoms with E-state index in [0.29, 0.717) is 18.2 Å². The summed E-state index contributed by atoms with van der Waals surface area (Å²) >= 11 is 5.48. The van der Waals surface area contributed by atoms with Crippen molar-refractivity contribution in [1.29, 1.82) is 0 Å². The second-order valence-corrected chi connectivity index (χ2v) is 7.26. The van der Waals surface area contributed by atoms with E-state index in [1.54, 1.807) is 7.11 Å². The number of rotatable bonds is 6. The van der Waals surface area contributed by atoms with Crippen LogP contribution in [-0.4, -0.2) is 22.0 Å². The first-order chi connectivity index (χ1) is 13.5.